The van der Waals surface area contributed by atoms with Crippen molar-refractivity contribution in [3.05, 3.63) is 97.6 Å². The predicted molar refractivity (Wildman–Crippen MR) is 139 cm³/mol. The Balaban J connectivity index is 1.50. The number of rotatable bonds is 5. The number of benzene rings is 3. The third-order valence-electron chi connectivity index (χ3n) is 5.01. The molecule has 5 rings (SSSR count). The maximum absolute atomic E-state index is 13.1. The molecule has 5 aromatic rings. The van der Waals surface area contributed by atoms with Crippen molar-refractivity contribution in [1.82, 2.24) is 4.98 Å². The number of aromatic nitrogens is 1. The zero-order valence-corrected chi connectivity index (χ0v) is 21.1. The molecule has 0 aliphatic rings. The highest BCUT2D eigenvalue weighted by molar-refractivity contribution is 9.11. The molecule has 168 valence electrons. The lowest BCUT2D eigenvalue weighted by Crippen LogP contribution is -2.12. The summed E-state index contributed by atoms with van der Waals surface area (Å²) in [6.07, 6.45) is 0. The van der Waals surface area contributed by atoms with Gasteiger partial charge in [-0.2, -0.15) is 0 Å². The van der Waals surface area contributed by atoms with Crippen LogP contribution in [0.5, 0.6) is 0 Å². The number of nitrogens with zero attached hydrogens (tertiary/aromatic N) is 2. The number of anilines is 1. The average molecular weight is 599 g/mol. The number of fused-ring (bicyclic) bond motifs is 1. The molecule has 0 radical (unpaired) electrons. The molecule has 0 saturated carbocycles. The molecular formula is C24H13Br2N3O4S. The van der Waals surface area contributed by atoms with Crippen LogP contribution in [-0.4, -0.2) is 15.8 Å². The standard InChI is InChI=1S/C24H13Br2N3O4S/c25-13-11-15(24-27-17-6-2-4-8-21(17)34-24)22(16(26)12-13)28-23(30)20-10-9-19(33-20)14-5-1-3-7-18(14)29(31)32/h1-12H,(H,28,30). The lowest BCUT2D eigenvalue weighted by Gasteiger charge is -2.12. The summed E-state index contributed by atoms with van der Waals surface area (Å²) in [4.78, 5) is 28.7. The monoisotopic (exact) mass is 597 g/mol. The fraction of sp³-hybridized carbons (Fsp3) is 0. The number of nitro groups is 1. The van der Waals surface area contributed by atoms with Crippen molar-refractivity contribution in [2.24, 2.45) is 0 Å². The minimum atomic E-state index is -0.491. The second-order valence-corrected chi connectivity index (χ2v) is 9.99. The molecule has 34 heavy (non-hydrogen) atoms. The number of amides is 1. The van der Waals surface area contributed by atoms with Crippen LogP contribution in [0.25, 0.3) is 32.1 Å². The third kappa shape index (κ3) is 4.27. The van der Waals surface area contributed by atoms with Crippen LogP contribution in [0.4, 0.5) is 11.4 Å². The van der Waals surface area contributed by atoms with Gasteiger partial charge < -0.3 is 9.73 Å². The summed E-state index contributed by atoms with van der Waals surface area (Å²) in [5.74, 6) is -0.229. The zero-order valence-electron chi connectivity index (χ0n) is 17.1. The number of thiazole rings is 1. The van der Waals surface area contributed by atoms with Crippen molar-refractivity contribution in [1.29, 1.82) is 0 Å². The number of nitro benzene ring substituents is 1. The van der Waals surface area contributed by atoms with Crippen molar-refractivity contribution in [3.63, 3.8) is 0 Å². The predicted octanol–water partition coefficient (Wildman–Crippen LogP) is 7.91. The molecule has 10 heteroatoms. The maximum Gasteiger partial charge on any atom is 0.291 e. The van der Waals surface area contributed by atoms with Gasteiger partial charge in [0.1, 0.15) is 10.8 Å². The highest BCUT2D eigenvalue weighted by atomic mass is 79.9. The Morgan fingerprint density at radius 2 is 1.76 bits per heavy atom. The molecule has 2 aromatic heterocycles. The van der Waals surface area contributed by atoms with Crippen molar-refractivity contribution in [2.45, 2.75) is 0 Å². The van der Waals surface area contributed by atoms with Gasteiger partial charge in [-0.1, -0.05) is 40.2 Å². The van der Waals surface area contributed by atoms with E-state index in [4.69, 9.17) is 9.40 Å². The largest absolute Gasteiger partial charge is 0.451 e. The molecule has 0 saturated heterocycles. The van der Waals surface area contributed by atoms with Gasteiger partial charge in [0, 0.05) is 20.6 Å². The van der Waals surface area contributed by atoms with Crippen LogP contribution in [-0.2, 0) is 0 Å². The second-order valence-electron chi connectivity index (χ2n) is 7.19. The Hall–Kier alpha value is -3.34. The summed E-state index contributed by atoms with van der Waals surface area (Å²) >= 11 is 8.56. The molecule has 2 heterocycles. The van der Waals surface area contributed by atoms with Gasteiger partial charge in [-0.25, -0.2) is 4.98 Å². The van der Waals surface area contributed by atoms with Gasteiger partial charge in [-0.05, 0) is 58.4 Å². The molecule has 0 aliphatic heterocycles. The molecule has 3 aromatic carbocycles. The summed E-state index contributed by atoms with van der Waals surface area (Å²) in [6, 6.07) is 20.8. The number of hydrogen-bond donors (Lipinski definition) is 1. The van der Waals surface area contributed by atoms with Gasteiger partial charge in [-0.3, -0.25) is 14.9 Å². The molecule has 0 fully saturated rings. The zero-order chi connectivity index (χ0) is 23.8. The SMILES string of the molecule is O=C(Nc1c(Br)cc(Br)cc1-c1nc2ccccc2s1)c1ccc(-c2ccccc2[N+](=O)[O-])o1. The number of nitrogens with one attached hydrogen (secondary N) is 1. The van der Waals surface area contributed by atoms with Crippen LogP contribution < -0.4 is 5.32 Å². The number of hydrogen-bond acceptors (Lipinski definition) is 6. The van der Waals surface area contributed by atoms with E-state index in [0.29, 0.717) is 15.7 Å². The number of para-hydroxylation sites is 2. The Morgan fingerprint density at radius 1 is 1.00 bits per heavy atom. The van der Waals surface area contributed by atoms with Crippen LogP contribution in [0.1, 0.15) is 10.6 Å². The first-order valence-electron chi connectivity index (χ1n) is 9.90. The van der Waals surface area contributed by atoms with E-state index in [1.807, 2.05) is 36.4 Å². The first-order chi connectivity index (χ1) is 16.4. The molecule has 1 N–H and O–H groups in total. The van der Waals surface area contributed by atoms with Crippen LogP contribution >= 0.6 is 43.2 Å². The van der Waals surface area contributed by atoms with Crippen LogP contribution in [0, 0.1) is 10.1 Å². The first-order valence-corrected chi connectivity index (χ1v) is 12.3. The van der Waals surface area contributed by atoms with Crippen molar-refractivity contribution < 1.29 is 14.1 Å². The van der Waals surface area contributed by atoms with Gasteiger partial charge in [0.25, 0.3) is 11.6 Å². The fourth-order valence-corrected chi connectivity index (χ4v) is 5.79. The summed E-state index contributed by atoms with van der Waals surface area (Å²) in [5.41, 5.74) is 2.34. The summed E-state index contributed by atoms with van der Waals surface area (Å²) in [5, 5.41) is 15.0. The Labute approximate surface area is 213 Å². The van der Waals surface area contributed by atoms with Gasteiger partial charge in [-0.15, -0.1) is 11.3 Å². The van der Waals surface area contributed by atoms with E-state index in [1.165, 1.54) is 23.5 Å². The van der Waals surface area contributed by atoms with E-state index in [0.717, 1.165) is 25.3 Å². The summed E-state index contributed by atoms with van der Waals surface area (Å²) in [7, 11) is 0. The number of furan rings is 1. The normalized spacial score (nSPS) is 11.0. The van der Waals surface area contributed by atoms with Crippen LogP contribution in [0.3, 0.4) is 0 Å². The van der Waals surface area contributed by atoms with Crippen LogP contribution in [0.2, 0.25) is 0 Å². The second kappa shape index (κ2) is 9.13. The topological polar surface area (TPSA) is 98.3 Å². The summed E-state index contributed by atoms with van der Waals surface area (Å²) < 4.78 is 8.22. The van der Waals surface area contributed by atoms with Gasteiger partial charge >= 0.3 is 0 Å². The lowest BCUT2D eigenvalue weighted by atomic mass is 10.1. The van der Waals surface area contributed by atoms with Crippen molar-refractivity contribution in [3.8, 4) is 21.9 Å². The van der Waals surface area contributed by atoms with E-state index >= 15 is 0 Å². The maximum atomic E-state index is 13.1. The van der Waals surface area contributed by atoms with E-state index < -0.39 is 10.8 Å². The Bertz CT molecular complexity index is 1540. The average Bonchev–Trinajstić information content (AvgIpc) is 3.48. The van der Waals surface area contributed by atoms with Gasteiger partial charge in [0.2, 0.25) is 0 Å². The highest BCUT2D eigenvalue weighted by Gasteiger charge is 2.22. The molecule has 0 atom stereocenters. The smallest absolute Gasteiger partial charge is 0.291 e. The van der Waals surface area contributed by atoms with E-state index in [1.54, 1.807) is 24.3 Å². The molecule has 0 spiro atoms. The summed E-state index contributed by atoms with van der Waals surface area (Å²) in [6.45, 7) is 0. The Morgan fingerprint density at radius 3 is 2.56 bits per heavy atom. The van der Waals surface area contributed by atoms with Crippen LogP contribution in [0.15, 0.2) is 86.2 Å². The minimum absolute atomic E-state index is 0.0261. The molecule has 7 nitrogen and oxygen atoms in total. The van der Waals surface area contributed by atoms with Crippen molar-refractivity contribution >= 4 is 70.7 Å². The Kier molecular flexibility index (Phi) is 6.03. The van der Waals surface area contributed by atoms with Gasteiger partial charge in [0.05, 0.1) is 26.4 Å². The van der Waals surface area contributed by atoms with Gasteiger partial charge in [0.15, 0.2) is 5.76 Å². The molecule has 1 amide bonds. The highest BCUT2D eigenvalue weighted by Crippen LogP contribution is 2.41. The molecule has 0 bridgehead atoms. The van der Waals surface area contributed by atoms with E-state index in [-0.39, 0.29) is 17.2 Å². The van der Waals surface area contributed by atoms with E-state index in [9.17, 15) is 14.9 Å². The number of carbonyl (C=O) groups is 1. The lowest BCUT2D eigenvalue weighted by molar-refractivity contribution is -0.384. The quantitative estimate of drug-likeness (QED) is 0.164. The molecule has 0 aliphatic carbocycles. The molecular weight excluding hydrogens is 586 g/mol. The minimum Gasteiger partial charge on any atom is -0.451 e. The number of halogens is 2. The third-order valence-corrected chi connectivity index (χ3v) is 7.17. The van der Waals surface area contributed by atoms with E-state index in [2.05, 4.69) is 37.2 Å². The fourth-order valence-electron chi connectivity index (χ4n) is 3.48. The number of carbonyl (C=O) groups excluding carboxylic acids is 1. The van der Waals surface area contributed by atoms with Crippen molar-refractivity contribution in [2.75, 3.05) is 5.32 Å². The molecule has 0 unspecified atom stereocenters. The first kappa shape index (κ1) is 22.5.